The van der Waals surface area contributed by atoms with Crippen molar-refractivity contribution >= 4 is 17.2 Å². The van der Waals surface area contributed by atoms with E-state index in [1.807, 2.05) is 12.4 Å². The molecule has 1 aliphatic rings. The van der Waals surface area contributed by atoms with Crippen LogP contribution >= 0.6 is 0 Å². The molecule has 0 unspecified atom stereocenters. The minimum atomic E-state index is 0.338. The van der Waals surface area contributed by atoms with E-state index in [0.29, 0.717) is 5.92 Å². The van der Waals surface area contributed by atoms with Crippen molar-refractivity contribution in [3.05, 3.63) is 48.5 Å². The third-order valence-corrected chi connectivity index (χ3v) is 4.55. The van der Waals surface area contributed by atoms with E-state index in [4.69, 9.17) is 0 Å². The molecule has 24 heavy (non-hydrogen) atoms. The highest BCUT2D eigenvalue weighted by atomic mass is 15.3. The number of nitrogens with zero attached hydrogens (tertiary/aromatic N) is 6. The maximum absolute atomic E-state index is 4.59. The molecule has 1 aromatic carbocycles. The second kappa shape index (κ2) is 6.11. The Labute approximate surface area is 141 Å². The molecule has 6 heteroatoms. The Hall–Kier alpha value is -2.63. The summed E-state index contributed by atoms with van der Waals surface area (Å²) < 4.78 is 2.07. The molecule has 0 bridgehead atoms. The molecule has 0 spiro atoms. The zero-order valence-electron chi connectivity index (χ0n) is 14.1. The first-order chi connectivity index (χ1) is 11.7. The Bertz CT molecular complexity index is 818. The number of benzene rings is 1. The van der Waals surface area contributed by atoms with Gasteiger partial charge in [0.2, 0.25) is 5.65 Å². The SMILES string of the molecule is CC(C)c1nnc2c(N3CCN(c4ccccc4)CC3)nccn12. The Morgan fingerprint density at radius 2 is 1.62 bits per heavy atom. The summed E-state index contributed by atoms with van der Waals surface area (Å²) in [7, 11) is 0. The zero-order chi connectivity index (χ0) is 16.5. The maximum Gasteiger partial charge on any atom is 0.203 e. The van der Waals surface area contributed by atoms with Crippen molar-refractivity contribution in [2.45, 2.75) is 19.8 Å². The van der Waals surface area contributed by atoms with Gasteiger partial charge in [0.05, 0.1) is 0 Å². The Morgan fingerprint density at radius 3 is 2.33 bits per heavy atom. The summed E-state index contributed by atoms with van der Waals surface area (Å²) in [5, 5.41) is 8.74. The largest absolute Gasteiger partial charge is 0.368 e. The summed E-state index contributed by atoms with van der Waals surface area (Å²) >= 11 is 0. The Morgan fingerprint density at radius 1 is 0.917 bits per heavy atom. The average molecular weight is 322 g/mol. The summed E-state index contributed by atoms with van der Waals surface area (Å²) in [4.78, 5) is 9.31. The summed E-state index contributed by atoms with van der Waals surface area (Å²) in [6, 6.07) is 10.6. The van der Waals surface area contributed by atoms with Crippen molar-refractivity contribution in [1.29, 1.82) is 0 Å². The summed E-state index contributed by atoms with van der Waals surface area (Å²) in [6.45, 7) is 8.11. The predicted octanol–water partition coefficient (Wildman–Crippen LogP) is 2.57. The lowest BCUT2D eigenvalue weighted by Crippen LogP contribution is -2.47. The summed E-state index contributed by atoms with van der Waals surface area (Å²) in [5.74, 6) is 2.26. The van der Waals surface area contributed by atoms with Crippen LogP contribution in [0.3, 0.4) is 0 Å². The first kappa shape index (κ1) is 14.9. The molecule has 4 rings (SSSR count). The highest BCUT2D eigenvalue weighted by molar-refractivity contribution is 5.64. The molecule has 1 aliphatic heterocycles. The highest BCUT2D eigenvalue weighted by Crippen LogP contribution is 2.23. The maximum atomic E-state index is 4.59. The minimum Gasteiger partial charge on any atom is -0.368 e. The van der Waals surface area contributed by atoms with Crippen molar-refractivity contribution in [2.24, 2.45) is 0 Å². The van der Waals surface area contributed by atoms with Gasteiger partial charge in [0, 0.05) is 50.2 Å². The number of anilines is 2. The molecule has 0 atom stereocenters. The van der Waals surface area contributed by atoms with Gasteiger partial charge in [-0.1, -0.05) is 32.0 Å². The van der Waals surface area contributed by atoms with Crippen molar-refractivity contribution in [2.75, 3.05) is 36.0 Å². The summed E-state index contributed by atoms with van der Waals surface area (Å²) in [6.07, 6.45) is 3.80. The molecular formula is C18H22N6. The summed E-state index contributed by atoms with van der Waals surface area (Å²) in [5.41, 5.74) is 2.14. The third-order valence-electron chi connectivity index (χ3n) is 4.55. The first-order valence-electron chi connectivity index (χ1n) is 8.48. The average Bonchev–Trinajstić information content (AvgIpc) is 3.07. The standard InChI is InChI=1S/C18H22N6/c1-14(2)16-20-21-18-17(19-8-9-24(16)18)23-12-10-22(11-13-23)15-6-4-3-5-7-15/h3-9,14H,10-13H2,1-2H3. The van der Waals surface area contributed by atoms with Crippen LogP contribution in [0.15, 0.2) is 42.7 Å². The van der Waals surface area contributed by atoms with E-state index >= 15 is 0 Å². The number of para-hydroxylation sites is 1. The van der Waals surface area contributed by atoms with Gasteiger partial charge in [-0.25, -0.2) is 4.98 Å². The lowest BCUT2D eigenvalue weighted by molar-refractivity contribution is 0.647. The number of piperazine rings is 1. The van der Waals surface area contributed by atoms with Crippen molar-refractivity contribution in [3.8, 4) is 0 Å². The monoisotopic (exact) mass is 322 g/mol. The molecule has 6 nitrogen and oxygen atoms in total. The van der Waals surface area contributed by atoms with Crippen molar-refractivity contribution < 1.29 is 0 Å². The molecule has 0 radical (unpaired) electrons. The molecule has 1 saturated heterocycles. The molecular weight excluding hydrogens is 300 g/mol. The number of aromatic nitrogens is 4. The van der Waals surface area contributed by atoms with Gasteiger partial charge in [0.15, 0.2) is 5.82 Å². The van der Waals surface area contributed by atoms with Crippen LogP contribution in [0.25, 0.3) is 5.65 Å². The van der Waals surface area contributed by atoms with Gasteiger partial charge in [-0.05, 0) is 12.1 Å². The lowest BCUT2D eigenvalue weighted by atomic mass is 10.2. The quantitative estimate of drug-likeness (QED) is 0.742. The molecule has 0 amide bonds. The van der Waals surface area contributed by atoms with Crippen LogP contribution in [0, 0.1) is 0 Å². The van der Waals surface area contributed by atoms with E-state index in [9.17, 15) is 0 Å². The van der Waals surface area contributed by atoms with Crippen LogP contribution in [-0.4, -0.2) is 45.8 Å². The molecule has 1 fully saturated rings. The van der Waals surface area contributed by atoms with E-state index < -0.39 is 0 Å². The van der Waals surface area contributed by atoms with E-state index in [0.717, 1.165) is 43.5 Å². The zero-order valence-corrected chi connectivity index (χ0v) is 14.1. The lowest BCUT2D eigenvalue weighted by Gasteiger charge is -2.36. The fourth-order valence-electron chi connectivity index (χ4n) is 3.26. The van der Waals surface area contributed by atoms with Gasteiger partial charge in [-0.3, -0.25) is 4.40 Å². The topological polar surface area (TPSA) is 49.6 Å². The van der Waals surface area contributed by atoms with Gasteiger partial charge in [-0.15, -0.1) is 10.2 Å². The first-order valence-corrected chi connectivity index (χ1v) is 8.48. The Balaban J connectivity index is 1.57. The number of hydrogen-bond acceptors (Lipinski definition) is 5. The molecule has 124 valence electrons. The van der Waals surface area contributed by atoms with Crippen LogP contribution in [0.1, 0.15) is 25.6 Å². The normalized spacial score (nSPS) is 15.5. The highest BCUT2D eigenvalue weighted by Gasteiger charge is 2.22. The van der Waals surface area contributed by atoms with Crippen LogP contribution in [0.5, 0.6) is 0 Å². The number of hydrogen-bond donors (Lipinski definition) is 0. The van der Waals surface area contributed by atoms with Crippen molar-refractivity contribution in [3.63, 3.8) is 0 Å². The second-order valence-corrected chi connectivity index (χ2v) is 6.47. The van der Waals surface area contributed by atoms with E-state index in [1.54, 1.807) is 0 Å². The molecule has 3 aromatic rings. The van der Waals surface area contributed by atoms with E-state index in [2.05, 4.69) is 73.6 Å². The van der Waals surface area contributed by atoms with Crippen LogP contribution in [0.4, 0.5) is 11.5 Å². The van der Waals surface area contributed by atoms with Crippen LogP contribution in [-0.2, 0) is 0 Å². The van der Waals surface area contributed by atoms with Crippen LogP contribution < -0.4 is 9.80 Å². The van der Waals surface area contributed by atoms with Gasteiger partial charge >= 0.3 is 0 Å². The molecule has 0 aliphatic carbocycles. The fraction of sp³-hybridized carbons (Fsp3) is 0.389. The van der Waals surface area contributed by atoms with E-state index in [1.165, 1.54) is 5.69 Å². The van der Waals surface area contributed by atoms with Gasteiger partial charge in [-0.2, -0.15) is 0 Å². The molecule has 0 N–H and O–H groups in total. The van der Waals surface area contributed by atoms with Gasteiger partial charge in [0.25, 0.3) is 0 Å². The van der Waals surface area contributed by atoms with Crippen molar-refractivity contribution in [1.82, 2.24) is 19.6 Å². The number of fused-ring (bicyclic) bond motifs is 1. The van der Waals surface area contributed by atoms with E-state index in [-0.39, 0.29) is 0 Å². The molecule has 0 saturated carbocycles. The Kier molecular flexibility index (Phi) is 3.80. The van der Waals surface area contributed by atoms with Gasteiger partial charge in [0.1, 0.15) is 5.82 Å². The third kappa shape index (κ3) is 2.58. The fourth-order valence-corrected chi connectivity index (χ4v) is 3.26. The smallest absolute Gasteiger partial charge is 0.203 e. The molecule has 3 heterocycles. The second-order valence-electron chi connectivity index (χ2n) is 6.47. The van der Waals surface area contributed by atoms with Gasteiger partial charge < -0.3 is 9.80 Å². The minimum absolute atomic E-state index is 0.338. The predicted molar refractivity (Wildman–Crippen MR) is 95.7 cm³/mol. The van der Waals surface area contributed by atoms with Crippen LogP contribution in [0.2, 0.25) is 0 Å². The number of rotatable bonds is 3. The molecule has 2 aromatic heterocycles.